The smallest absolute Gasteiger partial charge is 0.123 e. The van der Waals surface area contributed by atoms with E-state index in [4.69, 9.17) is 0 Å². The van der Waals surface area contributed by atoms with Crippen LogP contribution < -0.4 is 0 Å². The Morgan fingerprint density at radius 3 is 2.26 bits per heavy atom. The fourth-order valence-corrected chi connectivity index (χ4v) is 3.42. The zero-order valence-electron chi connectivity index (χ0n) is 13.4. The number of piperidine rings is 1. The second-order valence-corrected chi connectivity index (χ2v) is 6.42. The zero-order chi connectivity index (χ0) is 16.1. The molecule has 1 atom stereocenters. The average molecular weight is 313 g/mol. The third-order valence-corrected chi connectivity index (χ3v) is 4.87. The van der Waals surface area contributed by atoms with Gasteiger partial charge in [0.2, 0.25) is 0 Å². The molecule has 23 heavy (non-hydrogen) atoms. The minimum absolute atomic E-state index is 0.186. The highest BCUT2D eigenvalue weighted by atomic mass is 19.1. The van der Waals surface area contributed by atoms with E-state index in [-0.39, 0.29) is 5.82 Å². The van der Waals surface area contributed by atoms with Gasteiger partial charge in [-0.05, 0) is 61.5 Å². The molecule has 122 valence electrons. The third-order valence-electron chi connectivity index (χ3n) is 4.87. The summed E-state index contributed by atoms with van der Waals surface area (Å²) in [6.07, 6.45) is 2.97. The average Bonchev–Trinajstić information content (AvgIpc) is 2.62. The summed E-state index contributed by atoms with van der Waals surface area (Å²) in [6, 6.07) is 17.7. The quantitative estimate of drug-likeness (QED) is 0.907. The molecule has 3 rings (SSSR count). The van der Waals surface area contributed by atoms with Crippen LogP contribution in [0.25, 0.3) is 0 Å². The fraction of sp³-hybridized carbons (Fsp3) is 0.400. The van der Waals surface area contributed by atoms with E-state index < -0.39 is 0 Å². The number of rotatable bonds is 5. The summed E-state index contributed by atoms with van der Waals surface area (Å²) < 4.78 is 13.1. The number of aliphatic hydroxyl groups is 1. The van der Waals surface area contributed by atoms with E-state index in [2.05, 4.69) is 29.2 Å². The first-order valence-corrected chi connectivity index (χ1v) is 8.40. The number of benzene rings is 2. The van der Waals surface area contributed by atoms with Crippen molar-refractivity contribution in [2.75, 3.05) is 19.7 Å². The first kappa shape index (κ1) is 16.2. The number of halogens is 1. The highest BCUT2D eigenvalue weighted by Crippen LogP contribution is 2.29. The van der Waals surface area contributed by atoms with Crippen LogP contribution >= 0.6 is 0 Å². The van der Waals surface area contributed by atoms with Crippen molar-refractivity contribution in [1.29, 1.82) is 0 Å². The Labute approximate surface area is 137 Å². The molecule has 2 aromatic carbocycles. The maximum absolute atomic E-state index is 13.1. The summed E-state index contributed by atoms with van der Waals surface area (Å²) in [4.78, 5) is 2.50. The van der Waals surface area contributed by atoms with Crippen molar-refractivity contribution in [3.63, 3.8) is 0 Å². The van der Waals surface area contributed by atoms with Gasteiger partial charge in [0.1, 0.15) is 5.82 Å². The summed E-state index contributed by atoms with van der Waals surface area (Å²) in [7, 11) is 0. The largest absolute Gasteiger partial charge is 0.396 e. The van der Waals surface area contributed by atoms with Crippen LogP contribution in [0, 0.1) is 11.7 Å². The summed E-state index contributed by atoms with van der Waals surface area (Å²) in [5.74, 6) is 0.252. The Morgan fingerprint density at radius 1 is 1.00 bits per heavy atom. The van der Waals surface area contributed by atoms with Crippen LogP contribution in [0.1, 0.15) is 30.0 Å². The summed E-state index contributed by atoms with van der Waals surface area (Å²) in [5.41, 5.74) is 2.46. The number of aliphatic hydroxyl groups excluding tert-OH is 1. The van der Waals surface area contributed by atoms with E-state index in [9.17, 15) is 9.50 Å². The van der Waals surface area contributed by atoms with Gasteiger partial charge in [0.15, 0.2) is 0 Å². The molecule has 0 saturated carbocycles. The predicted molar refractivity (Wildman–Crippen MR) is 90.7 cm³/mol. The predicted octanol–water partition coefficient (Wildman–Crippen LogP) is 3.81. The van der Waals surface area contributed by atoms with Gasteiger partial charge in [-0.3, -0.25) is 4.90 Å². The van der Waals surface area contributed by atoms with Crippen LogP contribution in [0.3, 0.4) is 0 Å². The van der Waals surface area contributed by atoms with Crippen molar-refractivity contribution in [2.45, 2.75) is 25.3 Å². The van der Waals surface area contributed by atoms with E-state index in [1.165, 1.54) is 17.7 Å². The SMILES string of the molecule is OCC1CCN(C(Cc2ccc(F)cc2)c2ccccc2)CC1. The molecule has 0 aromatic heterocycles. The van der Waals surface area contributed by atoms with Crippen LogP contribution in [0.2, 0.25) is 0 Å². The van der Waals surface area contributed by atoms with Gasteiger partial charge in [0.25, 0.3) is 0 Å². The van der Waals surface area contributed by atoms with Gasteiger partial charge in [-0.2, -0.15) is 0 Å². The number of hydrogen-bond acceptors (Lipinski definition) is 2. The van der Waals surface area contributed by atoms with Crippen molar-refractivity contribution in [2.24, 2.45) is 5.92 Å². The molecular weight excluding hydrogens is 289 g/mol. The van der Waals surface area contributed by atoms with E-state index >= 15 is 0 Å². The highest BCUT2D eigenvalue weighted by molar-refractivity contribution is 5.24. The molecule has 1 fully saturated rings. The highest BCUT2D eigenvalue weighted by Gasteiger charge is 2.26. The molecule has 0 bridgehead atoms. The molecule has 2 aromatic rings. The number of likely N-dealkylation sites (tertiary alicyclic amines) is 1. The molecular formula is C20H24FNO. The van der Waals surface area contributed by atoms with E-state index in [1.807, 2.05) is 18.2 Å². The first-order chi connectivity index (χ1) is 11.3. The maximum atomic E-state index is 13.1. The summed E-state index contributed by atoms with van der Waals surface area (Å²) >= 11 is 0. The second kappa shape index (κ2) is 7.71. The Balaban J connectivity index is 1.78. The third kappa shape index (κ3) is 4.18. The van der Waals surface area contributed by atoms with Gasteiger partial charge in [0.05, 0.1) is 0 Å². The topological polar surface area (TPSA) is 23.5 Å². The van der Waals surface area contributed by atoms with E-state index in [1.54, 1.807) is 0 Å². The first-order valence-electron chi connectivity index (χ1n) is 8.40. The lowest BCUT2D eigenvalue weighted by atomic mass is 9.92. The summed E-state index contributed by atoms with van der Waals surface area (Å²) in [6.45, 7) is 2.31. The minimum atomic E-state index is -0.186. The number of hydrogen-bond donors (Lipinski definition) is 1. The van der Waals surface area contributed by atoms with Crippen molar-refractivity contribution < 1.29 is 9.50 Å². The molecule has 1 aliphatic heterocycles. The maximum Gasteiger partial charge on any atom is 0.123 e. The van der Waals surface area contributed by atoms with Gasteiger partial charge in [-0.25, -0.2) is 4.39 Å². The van der Waals surface area contributed by atoms with E-state index in [0.29, 0.717) is 18.6 Å². The van der Waals surface area contributed by atoms with Crippen molar-refractivity contribution in [3.05, 3.63) is 71.5 Å². The van der Waals surface area contributed by atoms with Gasteiger partial charge in [-0.1, -0.05) is 42.5 Å². The van der Waals surface area contributed by atoms with Crippen LogP contribution in [0.5, 0.6) is 0 Å². The van der Waals surface area contributed by atoms with Crippen LogP contribution in [-0.2, 0) is 6.42 Å². The van der Waals surface area contributed by atoms with Gasteiger partial charge in [0, 0.05) is 12.6 Å². The molecule has 3 heteroatoms. The molecule has 0 spiro atoms. The molecule has 1 heterocycles. The van der Waals surface area contributed by atoms with Crippen molar-refractivity contribution in [3.8, 4) is 0 Å². The molecule has 0 aliphatic carbocycles. The monoisotopic (exact) mass is 313 g/mol. The van der Waals surface area contributed by atoms with E-state index in [0.717, 1.165) is 37.9 Å². The van der Waals surface area contributed by atoms with Crippen molar-refractivity contribution in [1.82, 2.24) is 4.90 Å². The minimum Gasteiger partial charge on any atom is -0.396 e. The normalized spacial score (nSPS) is 18.0. The standard InChI is InChI=1S/C20H24FNO/c21-19-8-6-16(7-9-19)14-20(18-4-2-1-3-5-18)22-12-10-17(15-23)11-13-22/h1-9,17,20,23H,10-15H2. The lowest BCUT2D eigenvalue weighted by Crippen LogP contribution is -2.38. The molecule has 1 saturated heterocycles. The van der Waals surface area contributed by atoms with Crippen LogP contribution in [0.15, 0.2) is 54.6 Å². The van der Waals surface area contributed by atoms with Crippen LogP contribution in [0.4, 0.5) is 4.39 Å². The number of nitrogens with zero attached hydrogens (tertiary/aromatic N) is 1. The molecule has 1 unspecified atom stereocenters. The Morgan fingerprint density at radius 2 is 1.65 bits per heavy atom. The van der Waals surface area contributed by atoms with Crippen molar-refractivity contribution >= 4 is 0 Å². The van der Waals surface area contributed by atoms with Gasteiger partial charge >= 0.3 is 0 Å². The zero-order valence-corrected chi connectivity index (χ0v) is 13.4. The molecule has 2 nitrogen and oxygen atoms in total. The summed E-state index contributed by atoms with van der Waals surface area (Å²) in [5, 5.41) is 9.34. The molecule has 1 aliphatic rings. The fourth-order valence-electron chi connectivity index (χ4n) is 3.42. The Bertz CT molecular complexity index is 591. The van der Waals surface area contributed by atoms with Gasteiger partial charge in [-0.15, -0.1) is 0 Å². The lowest BCUT2D eigenvalue weighted by Gasteiger charge is -2.37. The van der Waals surface area contributed by atoms with Gasteiger partial charge < -0.3 is 5.11 Å². The Hall–Kier alpha value is -1.71. The second-order valence-electron chi connectivity index (χ2n) is 6.42. The molecule has 0 amide bonds. The molecule has 1 N–H and O–H groups in total. The Kier molecular flexibility index (Phi) is 5.42. The molecule has 0 radical (unpaired) electrons. The van der Waals surface area contributed by atoms with Crippen LogP contribution in [-0.4, -0.2) is 29.7 Å². The lowest BCUT2D eigenvalue weighted by molar-refractivity contribution is 0.0996.